The van der Waals surface area contributed by atoms with Gasteiger partial charge in [-0.15, -0.1) is 0 Å². The Balaban J connectivity index is 1.47. The van der Waals surface area contributed by atoms with Gasteiger partial charge in [-0.25, -0.2) is 0 Å². The molecule has 36 heavy (non-hydrogen) atoms. The minimum atomic E-state index is -0.472. The molecule has 0 unspecified atom stereocenters. The van der Waals surface area contributed by atoms with Gasteiger partial charge in [0.05, 0.1) is 12.8 Å². The molecule has 1 aliphatic heterocycles. The molecule has 3 aliphatic rings. The molecule has 0 aromatic heterocycles. The van der Waals surface area contributed by atoms with Crippen LogP contribution in [0.1, 0.15) is 50.0 Å². The van der Waals surface area contributed by atoms with Crippen LogP contribution in [0.2, 0.25) is 0 Å². The van der Waals surface area contributed by atoms with Gasteiger partial charge < -0.3 is 19.7 Å². The van der Waals surface area contributed by atoms with Crippen LogP contribution in [0, 0.1) is 0 Å². The largest absolute Gasteiger partial charge is 0.495 e. The zero-order valence-electron chi connectivity index (χ0n) is 20.6. The van der Waals surface area contributed by atoms with Crippen molar-refractivity contribution in [3.63, 3.8) is 0 Å². The van der Waals surface area contributed by atoms with E-state index in [1.54, 1.807) is 25.3 Å². The fraction of sp³-hybridized carbons (Fsp3) is 0.345. The van der Waals surface area contributed by atoms with Crippen LogP contribution in [0.25, 0.3) is 0 Å². The van der Waals surface area contributed by atoms with E-state index in [9.17, 15) is 14.4 Å². The van der Waals surface area contributed by atoms with Crippen molar-refractivity contribution in [3.8, 4) is 11.5 Å². The zero-order chi connectivity index (χ0) is 25.2. The van der Waals surface area contributed by atoms with Gasteiger partial charge in [0, 0.05) is 53.9 Å². The van der Waals surface area contributed by atoms with Gasteiger partial charge in [0.25, 0.3) is 5.91 Å². The van der Waals surface area contributed by atoms with Crippen molar-refractivity contribution in [2.24, 2.45) is 0 Å². The number of carbonyl (C=O) groups is 3. The van der Waals surface area contributed by atoms with E-state index in [-0.39, 0.29) is 24.1 Å². The number of nitrogens with one attached hydrogen (secondary N) is 1. The van der Waals surface area contributed by atoms with Crippen molar-refractivity contribution in [3.05, 3.63) is 76.6 Å². The lowest BCUT2D eigenvalue weighted by Gasteiger charge is -2.42. The van der Waals surface area contributed by atoms with E-state index in [1.807, 2.05) is 37.4 Å². The second-order valence-electron chi connectivity index (χ2n) is 9.34. The maximum absolute atomic E-state index is 13.2. The predicted molar refractivity (Wildman–Crippen MR) is 136 cm³/mol. The fourth-order valence-electron chi connectivity index (χ4n) is 5.59. The smallest absolute Gasteiger partial charge is 0.262 e. The summed E-state index contributed by atoms with van der Waals surface area (Å²) in [7, 11) is 3.52. The van der Waals surface area contributed by atoms with Crippen LogP contribution in [-0.2, 0) is 14.4 Å². The molecule has 7 nitrogen and oxygen atoms in total. The van der Waals surface area contributed by atoms with Gasteiger partial charge in [0.2, 0.25) is 0 Å². The maximum Gasteiger partial charge on any atom is 0.262 e. The first-order chi connectivity index (χ1) is 17.5. The number of hydrogen-bond donors (Lipinski definition) is 1. The van der Waals surface area contributed by atoms with Gasteiger partial charge in [0.15, 0.2) is 18.2 Å². The third kappa shape index (κ3) is 4.30. The molecule has 0 radical (unpaired) electrons. The molecule has 2 aromatic rings. The minimum Gasteiger partial charge on any atom is -0.495 e. The first kappa shape index (κ1) is 23.9. The molecule has 2 aromatic carbocycles. The summed E-state index contributed by atoms with van der Waals surface area (Å²) >= 11 is 0. The molecule has 0 bridgehead atoms. The Morgan fingerprint density at radius 1 is 0.889 bits per heavy atom. The highest BCUT2D eigenvalue weighted by molar-refractivity contribution is 6.06. The molecule has 1 amide bonds. The number of amides is 1. The number of benzene rings is 2. The summed E-state index contributed by atoms with van der Waals surface area (Å²) in [4.78, 5) is 41.3. The normalized spacial score (nSPS) is 18.1. The van der Waals surface area contributed by atoms with Gasteiger partial charge in [0.1, 0.15) is 11.5 Å². The number of Topliss-reactive ketones (excluding diaryl/α,β-unsaturated/α-hetero) is 2. The van der Waals surface area contributed by atoms with Crippen molar-refractivity contribution in [2.45, 2.75) is 44.4 Å². The second kappa shape index (κ2) is 10.0. The molecule has 5 rings (SSSR count). The average molecular weight is 487 g/mol. The summed E-state index contributed by atoms with van der Waals surface area (Å²) in [5, 5.41) is 2.82. The lowest BCUT2D eigenvalue weighted by Crippen LogP contribution is -2.37. The number of ether oxygens (including phenoxy) is 2. The lowest BCUT2D eigenvalue weighted by molar-refractivity contribution is -0.119. The van der Waals surface area contributed by atoms with Crippen molar-refractivity contribution < 1.29 is 23.9 Å². The lowest BCUT2D eigenvalue weighted by atomic mass is 9.71. The number of nitrogens with zero attached hydrogens (tertiary/aromatic N) is 1. The molecule has 2 aliphatic carbocycles. The summed E-state index contributed by atoms with van der Waals surface area (Å²) in [6.07, 6.45) is 4.19. The molecule has 186 valence electrons. The highest BCUT2D eigenvalue weighted by Crippen LogP contribution is 2.50. The van der Waals surface area contributed by atoms with Crippen LogP contribution in [0.5, 0.6) is 11.5 Å². The molecule has 0 spiro atoms. The van der Waals surface area contributed by atoms with Crippen LogP contribution in [-0.4, -0.2) is 43.1 Å². The standard InChI is InChI=1S/C29H30N2O5/c1-31-20-11-7-13-22(32)28(20)27(29-21(31)12-8-14-23(29)33)18-9-3-5-15-24(18)36-17-26(34)30-19-10-4-6-16-25(19)35-2/h3-6,9-10,15-16,27H,7-8,11-14,17H2,1-2H3,(H,30,34). The first-order valence-corrected chi connectivity index (χ1v) is 12.4. The summed E-state index contributed by atoms with van der Waals surface area (Å²) in [6.45, 7) is -0.221. The number of rotatable bonds is 6. The van der Waals surface area contributed by atoms with E-state index < -0.39 is 5.92 Å². The van der Waals surface area contributed by atoms with E-state index in [2.05, 4.69) is 10.2 Å². The van der Waals surface area contributed by atoms with Crippen molar-refractivity contribution in [2.75, 3.05) is 26.1 Å². The van der Waals surface area contributed by atoms with Gasteiger partial charge in [-0.05, 0) is 43.9 Å². The predicted octanol–water partition coefficient (Wildman–Crippen LogP) is 4.76. The van der Waals surface area contributed by atoms with Crippen LogP contribution in [0.15, 0.2) is 71.1 Å². The Morgan fingerprint density at radius 2 is 1.47 bits per heavy atom. The number of para-hydroxylation sites is 3. The molecule has 0 atom stereocenters. The number of methoxy groups -OCH3 is 1. The summed E-state index contributed by atoms with van der Waals surface area (Å²) < 4.78 is 11.3. The topological polar surface area (TPSA) is 84.9 Å². The Labute approximate surface area is 210 Å². The molecular formula is C29H30N2O5. The summed E-state index contributed by atoms with van der Waals surface area (Å²) in [5.41, 5.74) is 4.73. The molecule has 0 saturated carbocycles. The Kier molecular flexibility index (Phi) is 6.63. The Hall–Kier alpha value is -3.87. The van der Waals surface area contributed by atoms with Crippen molar-refractivity contribution in [1.82, 2.24) is 4.90 Å². The third-order valence-corrected chi connectivity index (χ3v) is 7.21. The van der Waals surface area contributed by atoms with Crippen LogP contribution in [0.4, 0.5) is 5.69 Å². The van der Waals surface area contributed by atoms with Crippen molar-refractivity contribution >= 4 is 23.2 Å². The highest BCUT2D eigenvalue weighted by Gasteiger charge is 2.43. The quantitative estimate of drug-likeness (QED) is 0.634. The average Bonchev–Trinajstić information content (AvgIpc) is 2.89. The number of allylic oxidation sites excluding steroid dienone is 4. The molecular weight excluding hydrogens is 456 g/mol. The highest BCUT2D eigenvalue weighted by atomic mass is 16.5. The van der Waals surface area contributed by atoms with E-state index in [1.165, 1.54) is 0 Å². The van der Waals surface area contributed by atoms with Gasteiger partial charge in [-0.2, -0.15) is 0 Å². The minimum absolute atomic E-state index is 0.0849. The maximum atomic E-state index is 13.2. The monoisotopic (exact) mass is 486 g/mol. The SMILES string of the molecule is COc1ccccc1NC(=O)COc1ccccc1C1C2=C(CCCC2=O)N(C)C2=C1C(=O)CCC2. The van der Waals surface area contributed by atoms with Gasteiger partial charge in [-0.3, -0.25) is 14.4 Å². The zero-order valence-corrected chi connectivity index (χ0v) is 20.6. The fourth-order valence-corrected chi connectivity index (χ4v) is 5.59. The molecule has 1 N–H and O–H groups in total. The van der Waals surface area contributed by atoms with Crippen LogP contribution < -0.4 is 14.8 Å². The van der Waals surface area contributed by atoms with Crippen LogP contribution >= 0.6 is 0 Å². The molecule has 1 heterocycles. The van der Waals surface area contributed by atoms with Gasteiger partial charge >= 0.3 is 0 Å². The Morgan fingerprint density at radius 3 is 2.11 bits per heavy atom. The molecule has 0 fully saturated rings. The molecule has 7 heteroatoms. The van der Waals surface area contributed by atoms with Gasteiger partial charge in [-0.1, -0.05) is 30.3 Å². The summed E-state index contributed by atoms with van der Waals surface area (Å²) in [6, 6.07) is 14.6. The van der Waals surface area contributed by atoms with E-state index in [4.69, 9.17) is 9.47 Å². The third-order valence-electron chi connectivity index (χ3n) is 7.21. The molecule has 0 saturated heterocycles. The first-order valence-electron chi connectivity index (χ1n) is 12.4. The number of anilines is 1. The van der Waals surface area contributed by atoms with Crippen LogP contribution in [0.3, 0.4) is 0 Å². The van der Waals surface area contributed by atoms with Crippen molar-refractivity contribution in [1.29, 1.82) is 0 Å². The van der Waals surface area contributed by atoms with E-state index >= 15 is 0 Å². The number of carbonyl (C=O) groups excluding carboxylic acids is 3. The van der Waals surface area contributed by atoms with E-state index in [0.717, 1.165) is 42.6 Å². The summed E-state index contributed by atoms with van der Waals surface area (Å²) in [5.74, 6) is 0.421. The Bertz CT molecular complexity index is 1250. The number of hydrogen-bond acceptors (Lipinski definition) is 6. The second-order valence-corrected chi connectivity index (χ2v) is 9.34. The number of ketones is 2. The van der Waals surface area contributed by atoms with E-state index in [0.29, 0.717) is 41.2 Å².